The van der Waals surface area contributed by atoms with E-state index in [1.54, 1.807) is 6.07 Å². The number of halogens is 2. The molecule has 0 bridgehead atoms. The van der Waals surface area contributed by atoms with Gasteiger partial charge in [-0.05, 0) is 23.7 Å². The summed E-state index contributed by atoms with van der Waals surface area (Å²) in [5.74, 6) is 0.354. The molecule has 0 amide bonds. The topological polar surface area (TPSA) is 29.0 Å². The van der Waals surface area contributed by atoms with Gasteiger partial charge in [-0.3, -0.25) is 0 Å². The number of hydrogen-bond acceptors (Lipinski definition) is 3. The molecule has 5 heteroatoms. The summed E-state index contributed by atoms with van der Waals surface area (Å²) < 4.78 is 13.0. The molecule has 15 heavy (non-hydrogen) atoms. The molecule has 0 aliphatic heterocycles. The van der Waals surface area contributed by atoms with Crippen LogP contribution in [-0.4, -0.2) is 24.1 Å². The average Bonchev–Trinajstić information content (AvgIpc) is 2.15. The second-order valence-corrected chi connectivity index (χ2v) is 3.71. The summed E-state index contributed by atoms with van der Waals surface area (Å²) in [6.07, 6.45) is 0. The van der Waals surface area contributed by atoms with Gasteiger partial charge in [0.15, 0.2) is 0 Å². The van der Waals surface area contributed by atoms with Gasteiger partial charge in [0.25, 0.3) is 0 Å². The van der Waals surface area contributed by atoms with E-state index in [2.05, 4.69) is 9.97 Å². The van der Waals surface area contributed by atoms with Crippen LogP contribution in [0.1, 0.15) is 0 Å². The Balaban J connectivity index is 2.80. The molecule has 2 rings (SSSR count). The molecular weight excluding hydrogens is 217 g/mol. The highest BCUT2D eigenvalue weighted by Crippen LogP contribution is 2.24. The minimum absolute atomic E-state index is 0.122. The highest BCUT2D eigenvalue weighted by Gasteiger charge is 2.08. The van der Waals surface area contributed by atoms with Crippen molar-refractivity contribution >= 4 is 28.3 Å². The van der Waals surface area contributed by atoms with E-state index < -0.39 is 0 Å². The van der Waals surface area contributed by atoms with Crippen LogP contribution in [0.2, 0.25) is 5.28 Å². The van der Waals surface area contributed by atoms with Crippen molar-refractivity contribution in [2.45, 2.75) is 0 Å². The minimum atomic E-state index is -0.332. The lowest BCUT2D eigenvalue weighted by atomic mass is 10.2. The standard InChI is InChI=1S/C10H9ClFN3/c1-15(2)9-7-4-3-6(12)5-8(7)13-10(11)14-9/h3-5H,1-2H3. The minimum Gasteiger partial charge on any atom is -0.362 e. The van der Waals surface area contributed by atoms with Crippen LogP contribution < -0.4 is 4.90 Å². The number of nitrogens with zero attached hydrogens (tertiary/aromatic N) is 3. The maximum atomic E-state index is 13.0. The first-order chi connectivity index (χ1) is 7.08. The van der Waals surface area contributed by atoms with Gasteiger partial charge >= 0.3 is 0 Å². The van der Waals surface area contributed by atoms with E-state index in [0.717, 1.165) is 5.39 Å². The molecule has 2 aromatic rings. The van der Waals surface area contributed by atoms with E-state index in [1.165, 1.54) is 12.1 Å². The van der Waals surface area contributed by atoms with Crippen LogP contribution >= 0.6 is 11.6 Å². The van der Waals surface area contributed by atoms with E-state index in [1.807, 2.05) is 19.0 Å². The number of fused-ring (bicyclic) bond motifs is 1. The van der Waals surface area contributed by atoms with Gasteiger partial charge < -0.3 is 4.90 Å². The predicted octanol–water partition coefficient (Wildman–Crippen LogP) is 2.49. The summed E-state index contributed by atoms with van der Waals surface area (Å²) >= 11 is 5.75. The Bertz CT molecular complexity index is 508. The Morgan fingerprint density at radius 3 is 2.67 bits per heavy atom. The fourth-order valence-electron chi connectivity index (χ4n) is 1.40. The summed E-state index contributed by atoms with van der Waals surface area (Å²) in [6, 6.07) is 4.37. The average molecular weight is 226 g/mol. The van der Waals surface area contributed by atoms with Crippen molar-refractivity contribution in [2.75, 3.05) is 19.0 Å². The third-order valence-electron chi connectivity index (χ3n) is 2.04. The SMILES string of the molecule is CN(C)c1nc(Cl)nc2cc(F)ccc12. The molecular formula is C10H9ClFN3. The zero-order valence-corrected chi connectivity index (χ0v) is 9.09. The monoisotopic (exact) mass is 225 g/mol. The van der Waals surface area contributed by atoms with Crippen LogP contribution in [-0.2, 0) is 0 Å². The second-order valence-electron chi connectivity index (χ2n) is 3.37. The second kappa shape index (κ2) is 3.62. The van der Waals surface area contributed by atoms with Crippen LogP contribution in [0.15, 0.2) is 18.2 Å². The van der Waals surface area contributed by atoms with Crippen molar-refractivity contribution in [2.24, 2.45) is 0 Å². The molecule has 0 spiro atoms. The molecule has 78 valence electrons. The van der Waals surface area contributed by atoms with E-state index in [0.29, 0.717) is 11.3 Å². The van der Waals surface area contributed by atoms with Crippen molar-refractivity contribution in [3.63, 3.8) is 0 Å². The first-order valence-corrected chi connectivity index (χ1v) is 4.76. The summed E-state index contributed by atoms with van der Waals surface area (Å²) in [6.45, 7) is 0. The van der Waals surface area contributed by atoms with Gasteiger partial charge in [0.05, 0.1) is 5.52 Å². The molecule has 0 unspecified atom stereocenters. The Morgan fingerprint density at radius 1 is 1.27 bits per heavy atom. The first-order valence-electron chi connectivity index (χ1n) is 4.38. The van der Waals surface area contributed by atoms with Crippen LogP contribution in [0.4, 0.5) is 10.2 Å². The molecule has 3 nitrogen and oxygen atoms in total. The van der Waals surface area contributed by atoms with Crippen molar-refractivity contribution in [1.29, 1.82) is 0 Å². The number of rotatable bonds is 1. The Kier molecular flexibility index (Phi) is 2.44. The largest absolute Gasteiger partial charge is 0.362 e. The summed E-state index contributed by atoms with van der Waals surface area (Å²) in [5.41, 5.74) is 0.513. The van der Waals surface area contributed by atoms with Crippen LogP contribution in [0.25, 0.3) is 10.9 Å². The lowest BCUT2D eigenvalue weighted by molar-refractivity contribution is 0.629. The van der Waals surface area contributed by atoms with Gasteiger partial charge in [-0.2, -0.15) is 4.98 Å². The number of anilines is 1. The summed E-state index contributed by atoms with van der Waals surface area (Å²) in [4.78, 5) is 9.87. The van der Waals surface area contributed by atoms with Gasteiger partial charge in [-0.15, -0.1) is 0 Å². The van der Waals surface area contributed by atoms with E-state index >= 15 is 0 Å². The molecule has 0 aliphatic carbocycles. The van der Waals surface area contributed by atoms with Crippen LogP contribution in [0.3, 0.4) is 0 Å². The van der Waals surface area contributed by atoms with Gasteiger partial charge in [-0.25, -0.2) is 9.37 Å². The van der Waals surface area contributed by atoms with E-state index in [9.17, 15) is 4.39 Å². The summed E-state index contributed by atoms with van der Waals surface area (Å²) in [5, 5.41) is 0.905. The van der Waals surface area contributed by atoms with Gasteiger partial charge in [0.2, 0.25) is 5.28 Å². The number of hydrogen-bond donors (Lipinski definition) is 0. The van der Waals surface area contributed by atoms with Crippen LogP contribution in [0, 0.1) is 5.82 Å². The fourth-order valence-corrected chi connectivity index (χ4v) is 1.57. The molecule has 0 radical (unpaired) electrons. The van der Waals surface area contributed by atoms with E-state index in [-0.39, 0.29) is 11.1 Å². The smallest absolute Gasteiger partial charge is 0.224 e. The molecule has 0 fully saturated rings. The fraction of sp³-hybridized carbons (Fsp3) is 0.200. The quantitative estimate of drug-likeness (QED) is 0.699. The molecule has 1 aromatic carbocycles. The Morgan fingerprint density at radius 2 is 2.00 bits per heavy atom. The Hall–Kier alpha value is -1.42. The predicted molar refractivity (Wildman–Crippen MR) is 58.8 cm³/mol. The molecule has 0 saturated carbocycles. The van der Waals surface area contributed by atoms with Crippen molar-refractivity contribution < 1.29 is 4.39 Å². The molecule has 1 heterocycles. The van der Waals surface area contributed by atoms with Gasteiger partial charge in [0.1, 0.15) is 11.6 Å². The van der Waals surface area contributed by atoms with Crippen LogP contribution in [0.5, 0.6) is 0 Å². The van der Waals surface area contributed by atoms with Crippen molar-refractivity contribution in [3.8, 4) is 0 Å². The normalized spacial score (nSPS) is 10.7. The lowest BCUT2D eigenvalue weighted by Gasteiger charge is -2.13. The number of benzene rings is 1. The third kappa shape index (κ3) is 1.85. The molecule has 0 N–H and O–H groups in total. The zero-order valence-electron chi connectivity index (χ0n) is 8.33. The highest BCUT2D eigenvalue weighted by molar-refractivity contribution is 6.28. The Labute approximate surface area is 91.5 Å². The first kappa shape index (κ1) is 10.1. The van der Waals surface area contributed by atoms with Gasteiger partial charge in [-0.1, -0.05) is 0 Å². The van der Waals surface area contributed by atoms with E-state index in [4.69, 9.17) is 11.6 Å². The number of aromatic nitrogens is 2. The third-order valence-corrected chi connectivity index (χ3v) is 2.20. The highest BCUT2D eigenvalue weighted by atomic mass is 35.5. The van der Waals surface area contributed by atoms with Gasteiger partial charge in [0, 0.05) is 25.5 Å². The maximum Gasteiger partial charge on any atom is 0.224 e. The maximum absolute atomic E-state index is 13.0. The lowest BCUT2D eigenvalue weighted by Crippen LogP contribution is -2.11. The summed E-state index contributed by atoms with van der Waals surface area (Å²) in [7, 11) is 3.70. The molecule has 0 saturated heterocycles. The molecule has 0 aliphatic rings. The van der Waals surface area contributed by atoms with Crippen molar-refractivity contribution in [1.82, 2.24) is 9.97 Å². The molecule has 0 atom stereocenters. The zero-order chi connectivity index (χ0) is 11.0. The van der Waals surface area contributed by atoms with Crippen molar-refractivity contribution in [3.05, 3.63) is 29.3 Å². The molecule has 1 aromatic heterocycles.